The van der Waals surface area contributed by atoms with Crippen molar-refractivity contribution < 1.29 is 13.2 Å². The number of benzene rings is 1. The van der Waals surface area contributed by atoms with Crippen molar-refractivity contribution in [3.63, 3.8) is 0 Å². The highest BCUT2D eigenvalue weighted by molar-refractivity contribution is 9.10. The molecule has 0 fully saturated rings. The number of rotatable bonds is 4. The van der Waals surface area contributed by atoms with Crippen molar-refractivity contribution in [2.24, 2.45) is 0 Å². The molecule has 8 heteroatoms. The number of anilines is 1. The number of hydrogen-bond donors (Lipinski definition) is 1. The maximum atomic E-state index is 12.3. The van der Waals surface area contributed by atoms with Crippen LogP contribution in [0.3, 0.4) is 0 Å². The van der Waals surface area contributed by atoms with E-state index in [0.29, 0.717) is 9.50 Å². The fourth-order valence-corrected chi connectivity index (χ4v) is 3.21. The summed E-state index contributed by atoms with van der Waals surface area (Å²) in [7, 11) is -2.33. The van der Waals surface area contributed by atoms with Crippen LogP contribution >= 0.6 is 27.5 Å². The van der Waals surface area contributed by atoms with Gasteiger partial charge in [-0.3, -0.25) is 4.72 Å². The number of ether oxygens (including phenoxy) is 1. The number of nitrogens with zero attached hydrogens (tertiary/aromatic N) is 1. The molecule has 0 saturated carbocycles. The van der Waals surface area contributed by atoms with Crippen molar-refractivity contribution in [3.8, 4) is 5.88 Å². The fourth-order valence-electron chi connectivity index (χ4n) is 1.48. The standard InChI is InChI=1S/C12H10BrClN2O3S/c1-19-12-11(3-2-6-15-12)16-20(17,18)8-4-5-10(14)9(13)7-8/h2-7,16H,1H3. The van der Waals surface area contributed by atoms with Crippen LogP contribution in [-0.2, 0) is 10.0 Å². The summed E-state index contributed by atoms with van der Waals surface area (Å²) in [5.41, 5.74) is 0.265. The lowest BCUT2D eigenvalue weighted by Crippen LogP contribution is -2.14. The van der Waals surface area contributed by atoms with Gasteiger partial charge in [0, 0.05) is 10.7 Å². The van der Waals surface area contributed by atoms with Gasteiger partial charge in [-0.25, -0.2) is 13.4 Å². The molecule has 1 N–H and O–H groups in total. The summed E-state index contributed by atoms with van der Waals surface area (Å²) in [5, 5.41) is 0.433. The third-order valence-electron chi connectivity index (χ3n) is 2.41. The smallest absolute Gasteiger partial charge is 0.262 e. The lowest BCUT2D eigenvalue weighted by molar-refractivity contribution is 0.400. The highest BCUT2D eigenvalue weighted by Crippen LogP contribution is 2.28. The maximum absolute atomic E-state index is 12.3. The summed E-state index contributed by atoms with van der Waals surface area (Å²) in [5.74, 6) is 0.198. The van der Waals surface area contributed by atoms with E-state index in [1.807, 2.05) is 0 Å². The van der Waals surface area contributed by atoms with Crippen molar-refractivity contribution in [2.75, 3.05) is 11.8 Å². The monoisotopic (exact) mass is 376 g/mol. The fraction of sp³-hybridized carbons (Fsp3) is 0.0833. The zero-order chi connectivity index (χ0) is 14.8. The summed E-state index contributed by atoms with van der Waals surface area (Å²) >= 11 is 9.04. The quantitative estimate of drug-likeness (QED) is 0.887. The second kappa shape index (κ2) is 5.99. The Morgan fingerprint density at radius 3 is 2.75 bits per heavy atom. The minimum absolute atomic E-state index is 0.0830. The van der Waals surface area contributed by atoms with Gasteiger partial charge in [0.05, 0.1) is 17.0 Å². The summed E-state index contributed by atoms with van der Waals surface area (Å²) < 4.78 is 32.5. The van der Waals surface area contributed by atoms with Crippen LogP contribution in [-0.4, -0.2) is 20.5 Å². The number of sulfonamides is 1. The van der Waals surface area contributed by atoms with Crippen LogP contribution in [0.2, 0.25) is 5.02 Å². The van der Waals surface area contributed by atoms with Gasteiger partial charge in [-0.05, 0) is 46.3 Å². The van der Waals surface area contributed by atoms with Gasteiger partial charge in [-0.15, -0.1) is 0 Å². The van der Waals surface area contributed by atoms with E-state index in [0.717, 1.165) is 0 Å². The summed E-state index contributed by atoms with van der Waals surface area (Å²) in [6, 6.07) is 7.51. The molecule has 5 nitrogen and oxygen atoms in total. The van der Waals surface area contributed by atoms with E-state index in [-0.39, 0.29) is 16.5 Å². The maximum Gasteiger partial charge on any atom is 0.262 e. The van der Waals surface area contributed by atoms with E-state index < -0.39 is 10.0 Å². The van der Waals surface area contributed by atoms with E-state index in [1.54, 1.807) is 12.1 Å². The number of methoxy groups -OCH3 is 1. The molecule has 20 heavy (non-hydrogen) atoms. The van der Waals surface area contributed by atoms with E-state index >= 15 is 0 Å². The van der Waals surface area contributed by atoms with Crippen molar-refractivity contribution in [1.29, 1.82) is 0 Å². The minimum atomic E-state index is -3.74. The number of aromatic nitrogens is 1. The topological polar surface area (TPSA) is 68.3 Å². The second-order valence-electron chi connectivity index (χ2n) is 3.74. The lowest BCUT2D eigenvalue weighted by atomic mass is 10.4. The molecule has 1 aromatic carbocycles. The molecule has 1 aromatic heterocycles. The molecular formula is C12H10BrClN2O3S. The molecule has 0 bridgehead atoms. The Hall–Kier alpha value is -1.31. The molecule has 0 amide bonds. The molecule has 0 aliphatic heterocycles. The first-order valence-electron chi connectivity index (χ1n) is 5.41. The molecule has 0 aliphatic rings. The van der Waals surface area contributed by atoms with Crippen LogP contribution in [0.25, 0.3) is 0 Å². The Bertz CT molecular complexity index is 737. The molecule has 0 aliphatic carbocycles. The first kappa shape index (κ1) is 15.1. The lowest BCUT2D eigenvalue weighted by Gasteiger charge is -2.11. The van der Waals surface area contributed by atoms with Crippen LogP contribution in [0.4, 0.5) is 5.69 Å². The third kappa shape index (κ3) is 3.23. The van der Waals surface area contributed by atoms with Gasteiger partial charge in [0.15, 0.2) is 0 Å². The molecule has 106 valence electrons. The third-order valence-corrected chi connectivity index (χ3v) is 4.99. The number of hydrogen-bond acceptors (Lipinski definition) is 4. The summed E-state index contributed by atoms with van der Waals surface area (Å²) in [4.78, 5) is 4.01. The molecule has 0 atom stereocenters. The normalized spacial score (nSPS) is 11.2. The number of nitrogens with one attached hydrogen (secondary N) is 1. The van der Waals surface area contributed by atoms with Gasteiger partial charge in [0.1, 0.15) is 5.69 Å². The first-order valence-corrected chi connectivity index (χ1v) is 8.06. The molecular weight excluding hydrogens is 368 g/mol. The molecule has 0 saturated heterocycles. The van der Waals surface area contributed by atoms with E-state index in [2.05, 4.69) is 25.6 Å². The van der Waals surface area contributed by atoms with Gasteiger partial charge < -0.3 is 4.74 Å². The molecule has 1 heterocycles. The summed E-state index contributed by atoms with van der Waals surface area (Å²) in [6.07, 6.45) is 1.51. The molecule has 2 rings (SSSR count). The summed E-state index contributed by atoms with van der Waals surface area (Å²) in [6.45, 7) is 0. The zero-order valence-electron chi connectivity index (χ0n) is 10.3. The Labute approximate surface area is 130 Å². The zero-order valence-corrected chi connectivity index (χ0v) is 13.5. The Kier molecular flexibility index (Phi) is 4.52. The van der Waals surface area contributed by atoms with Crippen molar-refractivity contribution in [1.82, 2.24) is 4.98 Å². The van der Waals surface area contributed by atoms with Crippen LogP contribution in [0.1, 0.15) is 0 Å². The minimum Gasteiger partial charge on any atom is -0.480 e. The van der Waals surface area contributed by atoms with Gasteiger partial charge >= 0.3 is 0 Å². The first-order chi connectivity index (χ1) is 9.44. The van der Waals surface area contributed by atoms with Crippen LogP contribution < -0.4 is 9.46 Å². The van der Waals surface area contributed by atoms with E-state index in [1.165, 1.54) is 31.5 Å². The van der Waals surface area contributed by atoms with Gasteiger partial charge in [0.2, 0.25) is 5.88 Å². The molecule has 0 unspecified atom stereocenters. The second-order valence-corrected chi connectivity index (χ2v) is 6.69. The average Bonchev–Trinajstić information content (AvgIpc) is 2.42. The van der Waals surface area contributed by atoms with Gasteiger partial charge in [-0.2, -0.15) is 0 Å². The molecule has 2 aromatic rings. The largest absolute Gasteiger partial charge is 0.480 e. The van der Waals surface area contributed by atoms with Gasteiger partial charge in [0.25, 0.3) is 10.0 Å². The molecule has 0 spiro atoms. The van der Waals surface area contributed by atoms with Crippen molar-refractivity contribution in [2.45, 2.75) is 4.90 Å². The Morgan fingerprint density at radius 2 is 2.10 bits per heavy atom. The highest BCUT2D eigenvalue weighted by Gasteiger charge is 2.17. The van der Waals surface area contributed by atoms with Crippen LogP contribution in [0.15, 0.2) is 45.9 Å². The van der Waals surface area contributed by atoms with Crippen molar-refractivity contribution >= 4 is 43.2 Å². The van der Waals surface area contributed by atoms with Crippen molar-refractivity contribution in [3.05, 3.63) is 46.0 Å². The highest BCUT2D eigenvalue weighted by atomic mass is 79.9. The molecule has 0 radical (unpaired) electrons. The van der Waals surface area contributed by atoms with E-state index in [4.69, 9.17) is 16.3 Å². The van der Waals surface area contributed by atoms with Crippen LogP contribution in [0, 0.1) is 0 Å². The number of pyridine rings is 1. The van der Waals surface area contributed by atoms with Crippen LogP contribution in [0.5, 0.6) is 5.88 Å². The van der Waals surface area contributed by atoms with E-state index in [9.17, 15) is 8.42 Å². The SMILES string of the molecule is COc1ncccc1NS(=O)(=O)c1ccc(Cl)c(Br)c1. The Morgan fingerprint density at radius 1 is 1.35 bits per heavy atom. The number of halogens is 2. The average molecular weight is 378 g/mol. The Balaban J connectivity index is 2.38. The predicted octanol–water partition coefficient (Wildman–Crippen LogP) is 3.31. The predicted molar refractivity (Wildman–Crippen MR) is 80.7 cm³/mol. The van der Waals surface area contributed by atoms with Gasteiger partial charge in [-0.1, -0.05) is 11.6 Å².